The number of fused-ring (bicyclic) bond motifs is 6. The molecule has 0 aromatic heterocycles. The summed E-state index contributed by atoms with van der Waals surface area (Å²) in [5.41, 5.74) is 23.5. The Labute approximate surface area is 360 Å². The Kier molecular flexibility index (Phi) is 8.58. The minimum Gasteiger partial charge on any atom is -0.310 e. The van der Waals surface area contributed by atoms with E-state index in [0.717, 1.165) is 17.1 Å². The van der Waals surface area contributed by atoms with Gasteiger partial charge < -0.3 is 4.90 Å². The van der Waals surface area contributed by atoms with Crippen LogP contribution in [0.15, 0.2) is 212 Å². The van der Waals surface area contributed by atoms with Gasteiger partial charge in [-0.05, 0) is 120 Å². The van der Waals surface area contributed by atoms with E-state index in [0.29, 0.717) is 0 Å². The topological polar surface area (TPSA) is 3.24 Å². The van der Waals surface area contributed by atoms with Crippen LogP contribution in [-0.2, 0) is 10.8 Å². The third-order valence-electron chi connectivity index (χ3n) is 13.5. The van der Waals surface area contributed by atoms with Gasteiger partial charge in [-0.3, -0.25) is 0 Å². The van der Waals surface area contributed by atoms with Gasteiger partial charge in [-0.25, -0.2) is 0 Å². The maximum atomic E-state index is 2.50. The molecule has 11 rings (SSSR count). The Morgan fingerprint density at radius 2 is 0.689 bits per heavy atom. The second kappa shape index (κ2) is 14.2. The van der Waals surface area contributed by atoms with E-state index < -0.39 is 0 Å². The predicted molar refractivity (Wildman–Crippen MR) is 258 cm³/mol. The average molecular weight is 782 g/mol. The second-order valence-corrected chi connectivity index (χ2v) is 17.7. The fourth-order valence-electron chi connectivity index (χ4n) is 10.3. The molecule has 9 aromatic carbocycles. The molecule has 0 N–H and O–H groups in total. The van der Waals surface area contributed by atoms with Crippen molar-refractivity contribution in [2.45, 2.75) is 38.5 Å². The van der Waals surface area contributed by atoms with Crippen LogP contribution in [0.3, 0.4) is 0 Å². The van der Waals surface area contributed by atoms with Crippen LogP contribution >= 0.6 is 0 Å². The highest BCUT2D eigenvalue weighted by Crippen LogP contribution is 2.54. The Balaban J connectivity index is 1.15. The van der Waals surface area contributed by atoms with Crippen molar-refractivity contribution in [2.24, 2.45) is 0 Å². The van der Waals surface area contributed by atoms with Crippen LogP contribution in [0, 0.1) is 0 Å². The molecule has 0 amide bonds. The van der Waals surface area contributed by atoms with Gasteiger partial charge in [0.25, 0.3) is 0 Å². The molecule has 0 spiro atoms. The first kappa shape index (κ1) is 36.8. The van der Waals surface area contributed by atoms with Crippen molar-refractivity contribution in [2.75, 3.05) is 4.90 Å². The van der Waals surface area contributed by atoms with Crippen LogP contribution in [0.5, 0.6) is 0 Å². The number of nitrogens with zero attached hydrogens (tertiary/aromatic N) is 1. The van der Waals surface area contributed by atoms with E-state index in [1.807, 2.05) is 0 Å². The highest BCUT2D eigenvalue weighted by molar-refractivity contribution is 5.99. The zero-order valence-corrected chi connectivity index (χ0v) is 35.2. The van der Waals surface area contributed by atoms with Crippen molar-refractivity contribution in [3.8, 4) is 66.8 Å². The molecule has 0 unspecified atom stereocenters. The van der Waals surface area contributed by atoms with Gasteiger partial charge in [0.05, 0.1) is 5.69 Å². The van der Waals surface area contributed by atoms with Crippen molar-refractivity contribution in [1.29, 1.82) is 0 Å². The lowest BCUT2D eigenvalue weighted by Gasteiger charge is -2.31. The smallest absolute Gasteiger partial charge is 0.0546 e. The maximum Gasteiger partial charge on any atom is 0.0546 e. The summed E-state index contributed by atoms with van der Waals surface area (Å²) in [6.07, 6.45) is 0. The molecular weight excluding hydrogens is 735 g/mol. The lowest BCUT2D eigenvalue weighted by molar-refractivity contribution is 0.660. The Morgan fingerprint density at radius 3 is 1.28 bits per heavy atom. The SMILES string of the molecule is CC1(C)c2ccccc2-c2ccc(-c3c(-c4ccc(-c5ccccc5)cc4)cccc3N(c3ccc(-c4ccccc4)cc3)c3ccc4c(c3)C(C)(C)c3ccccc3-4)cc21. The standard InChI is InChI=1S/C60H47N/c1-59(2)53-23-13-11-20-49(53)51-36-32-45(38-55(51)59)58-48(44-28-26-42(27-29-44)40-16-7-5-8-17-40)22-15-25-57(58)61(46-33-30-43(31-34-46)41-18-9-6-10-19-41)47-35-37-52-50-21-12-14-24-54(50)60(3,4)56(52)39-47/h5-39H,1-4H3. The van der Waals surface area contributed by atoms with Gasteiger partial charge in [0, 0.05) is 27.8 Å². The lowest BCUT2D eigenvalue weighted by atomic mass is 9.81. The van der Waals surface area contributed by atoms with Crippen molar-refractivity contribution in [3.63, 3.8) is 0 Å². The molecule has 0 bridgehead atoms. The predicted octanol–water partition coefficient (Wildman–Crippen LogP) is 16.4. The molecule has 0 aliphatic heterocycles. The molecule has 0 fully saturated rings. The van der Waals surface area contributed by atoms with Crippen LogP contribution in [0.2, 0.25) is 0 Å². The maximum absolute atomic E-state index is 2.50. The summed E-state index contributed by atoms with van der Waals surface area (Å²) in [5, 5.41) is 0. The molecule has 0 heterocycles. The molecule has 0 saturated carbocycles. The summed E-state index contributed by atoms with van der Waals surface area (Å²) in [6, 6.07) is 78.7. The van der Waals surface area contributed by atoms with Crippen molar-refractivity contribution in [1.82, 2.24) is 0 Å². The third kappa shape index (κ3) is 5.99. The molecule has 9 aromatic rings. The Bertz CT molecular complexity index is 3100. The summed E-state index contributed by atoms with van der Waals surface area (Å²) >= 11 is 0. The molecule has 61 heavy (non-hydrogen) atoms. The number of hydrogen-bond acceptors (Lipinski definition) is 1. The fourth-order valence-corrected chi connectivity index (χ4v) is 10.3. The average Bonchev–Trinajstić information content (AvgIpc) is 3.69. The van der Waals surface area contributed by atoms with E-state index in [4.69, 9.17) is 0 Å². The first-order valence-electron chi connectivity index (χ1n) is 21.5. The minimum atomic E-state index is -0.142. The zero-order valence-electron chi connectivity index (χ0n) is 35.2. The summed E-state index contributed by atoms with van der Waals surface area (Å²) in [4.78, 5) is 2.50. The van der Waals surface area contributed by atoms with Crippen molar-refractivity contribution >= 4 is 17.1 Å². The van der Waals surface area contributed by atoms with Gasteiger partial charge in [-0.15, -0.1) is 0 Å². The van der Waals surface area contributed by atoms with E-state index in [9.17, 15) is 0 Å². The van der Waals surface area contributed by atoms with E-state index in [1.54, 1.807) is 0 Å². The first-order valence-corrected chi connectivity index (χ1v) is 21.5. The molecule has 2 aliphatic carbocycles. The number of hydrogen-bond donors (Lipinski definition) is 0. The summed E-state index contributed by atoms with van der Waals surface area (Å²) < 4.78 is 0. The second-order valence-electron chi connectivity index (χ2n) is 17.7. The van der Waals surface area contributed by atoms with Gasteiger partial charge in [0.15, 0.2) is 0 Å². The molecular formula is C60H47N. The van der Waals surface area contributed by atoms with Gasteiger partial charge in [0.1, 0.15) is 0 Å². The molecule has 292 valence electrons. The number of rotatable bonds is 7. The van der Waals surface area contributed by atoms with Crippen molar-refractivity contribution < 1.29 is 0 Å². The first-order chi connectivity index (χ1) is 29.8. The Hall–Kier alpha value is -7.22. The highest BCUT2D eigenvalue weighted by Gasteiger charge is 2.37. The van der Waals surface area contributed by atoms with E-state index in [2.05, 4.69) is 245 Å². The number of anilines is 3. The number of benzene rings is 9. The molecule has 0 atom stereocenters. The molecule has 0 radical (unpaired) electrons. The normalized spacial score (nSPS) is 13.8. The van der Waals surface area contributed by atoms with E-state index in [1.165, 1.54) is 89.0 Å². The lowest BCUT2D eigenvalue weighted by Crippen LogP contribution is -2.17. The summed E-state index contributed by atoms with van der Waals surface area (Å²) in [5.74, 6) is 0. The van der Waals surface area contributed by atoms with Gasteiger partial charge in [-0.2, -0.15) is 0 Å². The van der Waals surface area contributed by atoms with Gasteiger partial charge in [0.2, 0.25) is 0 Å². The van der Waals surface area contributed by atoms with Crippen LogP contribution in [-0.4, -0.2) is 0 Å². The Morgan fingerprint density at radius 1 is 0.279 bits per heavy atom. The van der Waals surface area contributed by atoms with Crippen LogP contribution in [0.1, 0.15) is 49.9 Å². The van der Waals surface area contributed by atoms with E-state index in [-0.39, 0.29) is 10.8 Å². The minimum absolute atomic E-state index is 0.137. The van der Waals surface area contributed by atoms with E-state index >= 15 is 0 Å². The monoisotopic (exact) mass is 781 g/mol. The summed E-state index contributed by atoms with van der Waals surface area (Å²) in [6.45, 7) is 9.49. The van der Waals surface area contributed by atoms with Gasteiger partial charge in [-0.1, -0.05) is 204 Å². The largest absolute Gasteiger partial charge is 0.310 e. The molecule has 2 aliphatic rings. The quantitative estimate of drug-likeness (QED) is 0.156. The fraction of sp³-hybridized carbons (Fsp3) is 0.100. The highest BCUT2D eigenvalue weighted by atomic mass is 15.1. The third-order valence-corrected chi connectivity index (χ3v) is 13.5. The van der Waals surface area contributed by atoms with Crippen LogP contribution in [0.4, 0.5) is 17.1 Å². The molecule has 1 nitrogen and oxygen atoms in total. The van der Waals surface area contributed by atoms with Crippen LogP contribution in [0.25, 0.3) is 66.8 Å². The van der Waals surface area contributed by atoms with Crippen LogP contribution < -0.4 is 4.90 Å². The molecule has 1 heteroatoms. The van der Waals surface area contributed by atoms with Gasteiger partial charge >= 0.3 is 0 Å². The molecule has 0 saturated heterocycles. The summed E-state index contributed by atoms with van der Waals surface area (Å²) in [7, 11) is 0. The zero-order chi connectivity index (χ0) is 41.3. The van der Waals surface area contributed by atoms with Crippen molar-refractivity contribution in [3.05, 3.63) is 235 Å².